The number of nitrogens with zero attached hydrogens (tertiary/aromatic N) is 1. The summed E-state index contributed by atoms with van der Waals surface area (Å²) in [6, 6.07) is 11.4. The minimum absolute atomic E-state index is 0.0269. The first-order valence-electron chi connectivity index (χ1n) is 10.6. The van der Waals surface area contributed by atoms with Gasteiger partial charge in [0.25, 0.3) is 0 Å². The van der Waals surface area contributed by atoms with E-state index < -0.39 is 23.5 Å². The third kappa shape index (κ3) is 4.96. The normalized spacial score (nSPS) is 16.5. The Hall–Kier alpha value is -3.28. The Morgan fingerprint density at radius 1 is 1.19 bits per heavy atom. The molecule has 0 N–H and O–H groups in total. The molecule has 168 valence electrons. The van der Waals surface area contributed by atoms with Gasteiger partial charge in [0.05, 0.1) is 12.1 Å². The van der Waals surface area contributed by atoms with Crippen LogP contribution in [0.15, 0.2) is 66.4 Å². The third-order valence-electron chi connectivity index (χ3n) is 5.71. The molecule has 1 aliphatic heterocycles. The highest BCUT2D eigenvalue weighted by Gasteiger charge is 2.37. The second kappa shape index (κ2) is 9.90. The van der Waals surface area contributed by atoms with Crippen LogP contribution in [0.3, 0.4) is 0 Å². The average Bonchev–Trinajstić information content (AvgIpc) is 2.77. The van der Waals surface area contributed by atoms with Crippen molar-refractivity contribution >= 4 is 11.9 Å². The van der Waals surface area contributed by atoms with Crippen molar-refractivity contribution in [3.8, 4) is 0 Å². The van der Waals surface area contributed by atoms with Crippen molar-refractivity contribution < 1.29 is 23.1 Å². The molecular formula is C26H27F2NO3. The molecule has 32 heavy (non-hydrogen) atoms. The van der Waals surface area contributed by atoms with Crippen LogP contribution in [0.1, 0.15) is 55.7 Å². The van der Waals surface area contributed by atoms with Crippen LogP contribution in [0.25, 0.3) is 0 Å². The fourth-order valence-corrected chi connectivity index (χ4v) is 3.90. The number of hydrogen-bond donors (Lipinski definition) is 0. The molecule has 1 aliphatic rings. The predicted octanol–water partition coefficient (Wildman–Crippen LogP) is 5.61. The lowest BCUT2D eigenvalue weighted by molar-refractivity contribution is -0.139. The highest BCUT2D eigenvalue weighted by Crippen LogP contribution is 2.38. The van der Waals surface area contributed by atoms with E-state index in [0.29, 0.717) is 22.8 Å². The van der Waals surface area contributed by atoms with Gasteiger partial charge in [0, 0.05) is 18.0 Å². The summed E-state index contributed by atoms with van der Waals surface area (Å²) < 4.78 is 32.3. The summed E-state index contributed by atoms with van der Waals surface area (Å²) in [4.78, 5) is 27.4. The zero-order valence-electron chi connectivity index (χ0n) is 18.5. The van der Waals surface area contributed by atoms with E-state index in [2.05, 4.69) is 20.4 Å². The van der Waals surface area contributed by atoms with Gasteiger partial charge in [0.2, 0.25) is 5.91 Å². The number of ether oxygens (including phenoxy) is 1. The van der Waals surface area contributed by atoms with E-state index in [0.717, 1.165) is 23.3 Å². The number of allylic oxidation sites excluding steroid dienone is 1. The fraction of sp³-hybridized carbons (Fsp3) is 0.308. The summed E-state index contributed by atoms with van der Waals surface area (Å²) in [6.07, 6.45) is 1.55. The predicted molar refractivity (Wildman–Crippen MR) is 119 cm³/mol. The van der Waals surface area contributed by atoms with Crippen LogP contribution in [0.4, 0.5) is 8.78 Å². The van der Waals surface area contributed by atoms with Crippen molar-refractivity contribution in [2.45, 2.75) is 45.6 Å². The second-order valence-corrected chi connectivity index (χ2v) is 8.19. The molecule has 1 heterocycles. The molecule has 0 aromatic heterocycles. The Balaban J connectivity index is 2.01. The highest BCUT2D eigenvalue weighted by molar-refractivity contribution is 5.95. The van der Waals surface area contributed by atoms with Crippen molar-refractivity contribution in [3.05, 3.63) is 94.7 Å². The second-order valence-electron chi connectivity index (χ2n) is 8.19. The monoisotopic (exact) mass is 439 g/mol. The molecule has 1 amide bonds. The molecule has 0 saturated carbocycles. The molecule has 3 rings (SSSR count). The molecule has 2 aromatic carbocycles. The summed E-state index contributed by atoms with van der Waals surface area (Å²) >= 11 is 0. The quantitative estimate of drug-likeness (QED) is 0.416. The van der Waals surface area contributed by atoms with Crippen LogP contribution in [0.2, 0.25) is 0 Å². The first kappa shape index (κ1) is 23.4. The van der Waals surface area contributed by atoms with Gasteiger partial charge < -0.3 is 9.64 Å². The van der Waals surface area contributed by atoms with Crippen LogP contribution < -0.4 is 0 Å². The molecule has 1 unspecified atom stereocenters. The average molecular weight is 440 g/mol. The summed E-state index contributed by atoms with van der Waals surface area (Å²) in [5.74, 6) is -2.76. The minimum atomic E-state index is -0.984. The van der Waals surface area contributed by atoms with Crippen LogP contribution in [0.5, 0.6) is 0 Å². The van der Waals surface area contributed by atoms with Gasteiger partial charge in [-0.2, -0.15) is 0 Å². The molecule has 0 radical (unpaired) electrons. The topological polar surface area (TPSA) is 46.6 Å². The van der Waals surface area contributed by atoms with Gasteiger partial charge in [-0.3, -0.25) is 4.79 Å². The van der Waals surface area contributed by atoms with E-state index in [-0.39, 0.29) is 25.5 Å². The van der Waals surface area contributed by atoms with Crippen molar-refractivity contribution in [2.24, 2.45) is 0 Å². The maximum atomic E-state index is 13.7. The molecule has 0 fully saturated rings. The molecule has 0 aliphatic carbocycles. The SMILES string of the molecule is C=CCOC(=O)C1=C(C)N(Cc2ccc(F)c(F)c2)C(=O)CC1c1ccc(C(C)C)cc1. The Morgan fingerprint density at radius 3 is 2.47 bits per heavy atom. The zero-order chi connectivity index (χ0) is 23.4. The number of esters is 1. The maximum absolute atomic E-state index is 13.7. The lowest BCUT2D eigenvalue weighted by Crippen LogP contribution is -2.38. The lowest BCUT2D eigenvalue weighted by atomic mass is 9.83. The van der Waals surface area contributed by atoms with Gasteiger partial charge in [-0.05, 0) is 41.7 Å². The molecule has 0 saturated heterocycles. The Morgan fingerprint density at radius 2 is 1.88 bits per heavy atom. The zero-order valence-corrected chi connectivity index (χ0v) is 18.5. The Bertz CT molecular complexity index is 1060. The van der Waals surface area contributed by atoms with E-state index in [1.807, 2.05) is 24.3 Å². The number of carbonyl (C=O) groups is 2. The van der Waals surface area contributed by atoms with Crippen molar-refractivity contribution in [2.75, 3.05) is 6.61 Å². The standard InChI is InChI=1S/C26H27F2NO3/c1-5-12-32-26(31)25-17(4)29(15-18-6-11-22(27)23(28)13-18)24(30)14-21(25)20-9-7-19(8-10-20)16(2)3/h5-11,13,16,21H,1,12,14-15H2,2-4H3. The molecule has 2 aromatic rings. The Kier molecular flexibility index (Phi) is 7.23. The summed E-state index contributed by atoms with van der Waals surface area (Å²) in [5.41, 5.74) is 3.26. The first-order chi connectivity index (χ1) is 15.2. The number of carbonyl (C=O) groups excluding carboxylic acids is 2. The Labute approximate surface area is 187 Å². The number of amides is 1. The largest absolute Gasteiger partial charge is 0.458 e. The third-order valence-corrected chi connectivity index (χ3v) is 5.71. The van der Waals surface area contributed by atoms with Gasteiger partial charge in [0.1, 0.15) is 6.61 Å². The van der Waals surface area contributed by atoms with Gasteiger partial charge in [0.15, 0.2) is 11.6 Å². The van der Waals surface area contributed by atoms with E-state index in [1.54, 1.807) is 6.92 Å². The molecule has 0 spiro atoms. The van der Waals surface area contributed by atoms with Gasteiger partial charge >= 0.3 is 5.97 Å². The van der Waals surface area contributed by atoms with Crippen molar-refractivity contribution in [3.63, 3.8) is 0 Å². The lowest BCUT2D eigenvalue weighted by Gasteiger charge is -2.34. The van der Waals surface area contributed by atoms with Crippen LogP contribution >= 0.6 is 0 Å². The van der Waals surface area contributed by atoms with Gasteiger partial charge in [-0.25, -0.2) is 13.6 Å². The molecule has 1 atom stereocenters. The number of benzene rings is 2. The van der Waals surface area contributed by atoms with Gasteiger partial charge in [-0.1, -0.05) is 56.8 Å². The smallest absolute Gasteiger partial charge is 0.336 e. The van der Waals surface area contributed by atoms with E-state index in [1.165, 1.54) is 17.0 Å². The van der Waals surface area contributed by atoms with Crippen LogP contribution in [-0.4, -0.2) is 23.4 Å². The maximum Gasteiger partial charge on any atom is 0.336 e. The van der Waals surface area contributed by atoms with E-state index in [4.69, 9.17) is 4.74 Å². The molecule has 4 nitrogen and oxygen atoms in total. The first-order valence-corrected chi connectivity index (χ1v) is 10.6. The van der Waals surface area contributed by atoms with Gasteiger partial charge in [-0.15, -0.1) is 0 Å². The fourth-order valence-electron chi connectivity index (χ4n) is 3.90. The number of rotatable bonds is 7. The summed E-state index contributed by atoms with van der Waals surface area (Å²) in [7, 11) is 0. The van der Waals surface area contributed by atoms with Crippen molar-refractivity contribution in [1.82, 2.24) is 4.90 Å². The van der Waals surface area contributed by atoms with E-state index in [9.17, 15) is 18.4 Å². The number of hydrogen-bond acceptors (Lipinski definition) is 3. The van der Waals surface area contributed by atoms with Crippen LogP contribution in [0, 0.1) is 11.6 Å². The summed E-state index contributed by atoms with van der Waals surface area (Å²) in [5, 5.41) is 0. The molecule has 6 heteroatoms. The molecule has 0 bridgehead atoms. The van der Waals surface area contributed by atoms with Crippen molar-refractivity contribution in [1.29, 1.82) is 0 Å². The van der Waals surface area contributed by atoms with Crippen LogP contribution in [-0.2, 0) is 20.9 Å². The summed E-state index contributed by atoms with van der Waals surface area (Å²) in [6.45, 7) is 9.52. The number of halogens is 2. The van der Waals surface area contributed by atoms with E-state index >= 15 is 0 Å². The molecular weight excluding hydrogens is 412 g/mol. The highest BCUT2D eigenvalue weighted by atomic mass is 19.2. The minimum Gasteiger partial charge on any atom is -0.458 e.